The lowest BCUT2D eigenvalue weighted by Gasteiger charge is -2.17. The Morgan fingerprint density at radius 2 is 1.50 bits per heavy atom. The number of aryl methyl sites for hydroxylation is 4. The number of fused-ring (bicyclic) bond motifs is 3. The molecule has 0 fully saturated rings. The molecule has 3 aliphatic rings. The number of hydrogen-bond donors (Lipinski definition) is 5. The fourth-order valence-corrected chi connectivity index (χ4v) is 14.6. The maximum Gasteiger partial charge on any atom is 0.417 e. The van der Waals surface area contributed by atoms with Crippen molar-refractivity contribution < 1.29 is 42.1 Å². The number of allylic oxidation sites excluding steroid dienone is 2. The summed E-state index contributed by atoms with van der Waals surface area (Å²) in [6.07, 6.45) is 16.2. The highest BCUT2D eigenvalue weighted by atomic mass is 35.5. The number of H-pyrrole nitrogens is 1. The monoisotopic (exact) mass is 1700 g/mol. The van der Waals surface area contributed by atoms with Crippen LogP contribution < -0.4 is 41.6 Å². The number of halogens is 4. The summed E-state index contributed by atoms with van der Waals surface area (Å²) in [5.74, 6) is 2.08. The molecule has 1 aliphatic heterocycles. The Morgan fingerprint density at radius 1 is 0.760 bits per heavy atom. The van der Waals surface area contributed by atoms with Crippen molar-refractivity contribution in [3.63, 3.8) is 0 Å². The minimum absolute atomic E-state index is 0.0642. The molecule has 22 nitrogen and oxygen atoms in total. The number of aromatic amines is 1. The van der Waals surface area contributed by atoms with Gasteiger partial charge >= 0.3 is 6.18 Å². The Labute approximate surface area is 726 Å². The molecule has 125 heavy (non-hydrogen) atoms. The van der Waals surface area contributed by atoms with Crippen LogP contribution in [0.4, 0.5) is 30.2 Å². The summed E-state index contributed by atoms with van der Waals surface area (Å²) in [5.41, 5.74) is 17.0. The first-order valence-electron chi connectivity index (χ1n) is 40.6. The second-order valence-corrected chi connectivity index (χ2v) is 31.2. The molecule has 0 bridgehead atoms. The molecule has 5 N–H and O–H groups in total. The molecule has 1 amide bonds. The third-order valence-electron chi connectivity index (χ3n) is 21.3. The first-order chi connectivity index (χ1) is 60.2. The van der Waals surface area contributed by atoms with Gasteiger partial charge in [-0.1, -0.05) is 85.3 Å². The predicted octanol–water partition coefficient (Wildman–Crippen LogP) is 17.3. The van der Waals surface area contributed by atoms with Gasteiger partial charge < -0.3 is 45.0 Å². The number of pyridine rings is 2. The maximum absolute atomic E-state index is 13.0. The summed E-state index contributed by atoms with van der Waals surface area (Å²) in [6, 6.07) is 58.9. The standard InChI is InChI=1S/C28H29N5O.C27H25N5O2.C24H19ClF3NO3.C20H20N4O/c1-29-25-11-7-21-18-22(6-10-24(21)25)27-26(19-12-14-30-15-13-19)31-28(32-27)20-4-8-23(9-5-20)34-17-16-33(2)3;1-17-8-9-21(31-25(33)18-6-5-7-19(12-18)27(2,3)15-28)14-24(17)30-20-10-11-23-22(13-20)26(34)32(4)16-29-23;1-2-23(31)22-14-19(9-10-29-22)32-18-6-3-15(4-7-18)11-17(30)12-16-5-8-21(25)20(13-16)24(26,27)28;1-21-19-5-3-15-12-16(2-4-17(15)19)18-13-24(10-11-25)23-20(18)14-6-8-22-9-7-14/h4-6,8-10,12-15,18,30H,1,7,11,16-17H2,2-3H3,(H,31,32);5-14,16,30H,1-4H3,(H,31,33);3-10,13-14H,2,11-12H2,1H3;2,4,6-9,12-13,25H,3,5,10-11H2,1H3/b27-22+;;;. The second-order valence-electron chi connectivity index (χ2n) is 30.8. The number of nitrogens with one attached hydrogen (secondary N) is 4. The van der Waals surface area contributed by atoms with Gasteiger partial charge in [0.05, 0.1) is 63.2 Å². The Hall–Kier alpha value is -14.3. The van der Waals surface area contributed by atoms with Crippen molar-refractivity contribution in [2.24, 2.45) is 17.0 Å². The number of nitriles is 1. The number of dihydropyridines is 1. The molecule has 0 radical (unpaired) electrons. The van der Waals surface area contributed by atoms with E-state index in [2.05, 4.69) is 129 Å². The van der Waals surface area contributed by atoms with Crippen LogP contribution in [0.5, 0.6) is 17.2 Å². The zero-order valence-electron chi connectivity index (χ0n) is 70.4. The average molecular weight is 1700 g/mol. The molecule has 2 aliphatic carbocycles. The summed E-state index contributed by atoms with van der Waals surface area (Å²) in [5, 5.41) is 37.1. The van der Waals surface area contributed by atoms with Gasteiger partial charge in [0, 0.05) is 145 Å². The smallest absolute Gasteiger partial charge is 0.417 e. The van der Waals surface area contributed by atoms with E-state index in [1.54, 1.807) is 97.8 Å². The van der Waals surface area contributed by atoms with Crippen LogP contribution >= 0.6 is 11.6 Å². The lowest BCUT2D eigenvalue weighted by molar-refractivity contribution is -0.137. The van der Waals surface area contributed by atoms with E-state index in [0.717, 1.165) is 134 Å². The van der Waals surface area contributed by atoms with Crippen molar-refractivity contribution >= 4 is 80.7 Å². The highest BCUT2D eigenvalue weighted by molar-refractivity contribution is 6.31. The summed E-state index contributed by atoms with van der Waals surface area (Å²) < 4.78 is 53.8. The molecule has 13 aromatic rings. The van der Waals surface area contributed by atoms with Crippen LogP contribution in [0.15, 0.2) is 259 Å². The van der Waals surface area contributed by atoms with E-state index in [9.17, 15) is 42.7 Å². The van der Waals surface area contributed by atoms with Crippen LogP contribution in [0.3, 0.4) is 0 Å². The minimum Gasteiger partial charge on any atom is -0.492 e. The number of ketones is 2. The molecule has 16 rings (SSSR count). The Bertz CT molecular complexity index is 6640. The van der Waals surface area contributed by atoms with Crippen LogP contribution in [0.25, 0.3) is 55.9 Å². The summed E-state index contributed by atoms with van der Waals surface area (Å²) in [4.78, 5) is 81.2. The van der Waals surface area contributed by atoms with Crippen molar-refractivity contribution in [1.29, 1.82) is 5.26 Å². The highest BCUT2D eigenvalue weighted by Crippen LogP contribution is 2.38. The molecule has 8 aromatic carbocycles. The number of Topliss-reactive ketones (excluding diaryl/α,β-unsaturated/α-hetero) is 2. The number of aliphatic imine (C=N–C) groups is 2. The van der Waals surface area contributed by atoms with Crippen LogP contribution in [0.1, 0.15) is 105 Å². The summed E-state index contributed by atoms with van der Waals surface area (Å²) in [7, 11) is 7.61. The lowest BCUT2D eigenvalue weighted by Crippen LogP contribution is -2.19. The fourth-order valence-electron chi connectivity index (χ4n) is 14.4. The molecule has 6 heterocycles. The maximum atomic E-state index is 13.0. The SMILES string of the molecule is C=NC1=c2cc/c(=c3\nc(-c4ccc(OCCN(C)C)cc4)[nH]c3=C3C=CNC=C3)cc2CC1.CCC(=O)c1cc(Oc2ccc(CC(=O)Cc3ccc(Cl)c(C(F)(F)F)c3)cc2)ccn1.CN=C1CCc2cc(-c3cn(CCO)nc3-c3ccncc3)ccc21.Cc1ccc(NC(=O)c2cccc(C(C)(C)C#N)c2)cc1Nc1ccc2ncn(C)c(=O)c2c1. The molecule has 0 saturated carbocycles. The number of amides is 1. The average Bonchev–Trinajstić information content (AvgIpc) is 1.64. The first-order valence-corrected chi connectivity index (χ1v) is 41.0. The van der Waals surface area contributed by atoms with E-state index in [0.29, 0.717) is 64.5 Å². The van der Waals surface area contributed by atoms with Crippen molar-refractivity contribution in [2.75, 3.05) is 51.5 Å². The second kappa shape index (κ2) is 40.1. The van der Waals surface area contributed by atoms with Crippen LogP contribution in [0, 0.1) is 28.8 Å². The van der Waals surface area contributed by atoms with Crippen molar-refractivity contribution in [3.05, 3.63) is 336 Å². The van der Waals surface area contributed by atoms with Gasteiger partial charge in [-0.2, -0.15) is 23.5 Å². The Balaban J connectivity index is 0.000000144. The van der Waals surface area contributed by atoms with Gasteiger partial charge in [-0.3, -0.25) is 43.8 Å². The quantitative estimate of drug-likeness (QED) is 0.0294. The van der Waals surface area contributed by atoms with Gasteiger partial charge in [-0.05, 0) is 244 Å². The normalized spacial score (nSPS) is 13.1. The van der Waals surface area contributed by atoms with E-state index in [4.69, 9.17) is 26.1 Å². The van der Waals surface area contributed by atoms with Gasteiger partial charge in [-0.25, -0.2) is 9.97 Å². The van der Waals surface area contributed by atoms with Gasteiger partial charge in [0.1, 0.15) is 46.9 Å². The van der Waals surface area contributed by atoms with E-state index in [1.165, 1.54) is 50.8 Å². The van der Waals surface area contributed by atoms with Crippen LogP contribution in [-0.4, -0.2) is 120 Å². The molecular formula is C99H93ClF3N15O7. The number of imidazole rings is 1. The first kappa shape index (κ1) is 88.5. The lowest BCUT2D eigenvalue weighted by atomic mass is 9.85. The number of alkyl halides is 3. The predicted molar refractivity (Wildman–Crippen MR) is 485 cm³/mol. The zero-order chi connectivity index (χ0) is 88.5. The molecule has 26 heteroatoms. The summed E-state index contributed by atoms with van der Waals surface area (Å²) in [6.45, 7) is 13.2. The van der Waals surface area contributed by atoms with Crippen molar-refractivity contribution in [2.45, 2.75) is 90.8 Å². The number of likely N-dealkylation sites (N-methyl/N-ethyl adjacent to an activating group) is 1. The molecule has 0 spiro atoms. The number of aromatic nitrogens is 8. The number of rotatable bonds is 23. The number of ether oxygens (including phenoxy) is 2. The third-order valence-corrected chi connectivity index (χ3v) is 21.6. The van der Waals surface area contributed by atoms with Gasteiger partial charge in [-0.15, -0.1) is 0 Å². The highest BCUT2D eigenvalue weighted by Gasteiger charge is 2.34. The van der Waals surface area contributed by atoms with E-state index >= 15 is 0 Å². The van der Waals surface area contributed by atoms with Crippen LogP contribution in [-0.2, 0) is 55.7 Å². The zero-order valence-corrected chi connectivity index (χ0v) is 71.2. The number of aliphatic hydroxyl groups is 1. The number of aliphatic hydroxyl groups excluding tert-OH is 1. The fraction of sp³-hybridized carbons (Fsp3) is 0.212. The third kappa shape index (κ3) is 22.1. The number of nitrogens with zero attached hydrogens (tertiary/aromatic N) is 11. The topological polar surface area (TPSA) is 285 Å². The Morgan fingerprint density at radius 3 is 2.22 bits per heavy atom. The van der Waals surface area contributed by atoms with Gasteiger partial charge in [0.2, 0.25) is 0 Å². The van der Waals surface area contributed by atoms with Crippen LogP contribution in [0.2, 0.25) is 5.02 Å². The molecule has 0 saturated heterocycles. The number of hydrogen-bond acceptors (Lipinski definition) is 18. The minimum atomic E-state index is -4.58. The number of carbonyl (C=O) groups excluding carboxylic acids is 3. The van der Waals surface area contributed by atoms with E-state index < -0.39 is 22.2 Å². The number of carbonyl (C=O) groups is 3. The molecule has 0 unspecified atom stereocenters. The molecule has 0 atom stereocenters. The van der Waals surface area contributed by atoms with Crippen molar-refractivity contribution in [3.8, 4) is 57.1 Å². The number of anilines is 3. The van der Waals surface area contributed by atoms with E-state index in [-0.39, 0.29) is 48.0 Å². The van der Waals surface area contributed by atoms with E-state index in [1.807, 2.05) is 115 Å². The Kier molecular flexibility index (Phi) is 28.4. The van der Waals surface area contributed by atoms with Gasteiger partial charge in [0.15, 0.2) is 5.78 Å². The molecule has 634 valence electrons. The molecule has 5 aromatic heterocycles. The van der Waals surface area contributed by atoms with Gasteiger partial charge in [0.25, 0.3) is 11.5 Å². The number of benzene rings is 8. The van der Waals surface area contributed by atoms with Crippen molar-refractivity contribution in [1.82, 2.24) is 49.5 Å². The molecular weight excluding hydrogens is 1600 g/mol. The largest absolute Gasteiger partial charge is 0.492 e. The summed E-state index contributed by atoms with van der Waals surface area (Å²) >= 11 is 5.61.